The fourth-order valence-corrected chi connectivity index (χ4v) is 1.56. The van der Waals surface area contributed by atoms with Crippen LogP contribution in [0.1, 0.15) is 30.6 Å². The van der Waals surface area contributed by atoms with E-state index in [0.717, 1.165) is 0 Å². The fourth-order valence-electron chi connectivity index (χ4n) is 1.56. The molecule has 0 aromatic heterocycles. The molecule has 0 spiro atoms. The van der Waals surface area contributed by atoms with Crippen LogP contribution in [0.15, 0.2) is 30.3 Å². The number of nitrogens with one attached hydrogen (secondary N) is 2. The van der Waals surface area contributed by atoms with Crippen LogP contribution in [0, 0.1) is 5.41 Å². The first-order chi connectivity index (χ1) is 9.89. The van der Waals surface area contributed by atoms with E-state index in [4.69, 9.17) is 5.11 Å². The third-order valence-corrected chi connectivity index (χ3v) is 3.42. The number of carbonyl (C=O) groups excluding carboxylic acids is 2. The Kier molecular flexibility index (Phi) is 5.90. The minimum absolute atomic E-state index is 0.0267. The number of hydrogen-bond acceptors (Lipinski definition) is 3. The second-order valence-corrected chi connectivity index (χ2v) is 5.04. The summed E-state index contributed by atoms with van der Waals surface area (Å²) >= 11 is 0. The van der Waals surface area contributed by atoms with Gasteiger partial charge in [-0.3, -0.25) is 14.4 Å². The first kappa shape index (κ1) is 16.7. The summed E-state index contributed by atoms with van der Waals surface area (Å²) in [6.07, 6.45) is 0.402. The van der Waals surface area contributed by atoms with Crippen molar-refractivity contribution in [3.8, 4) is 0 Å². The van der Waals surface area contributed by atoms with Gasteiger partial charge in [-0.1, -0.05) is 25.1 Å². The van der Waals surface area contributed by atoms with Gasteiger partial charge in [0.05, 0.1) is 12.0 Å². The van der Waals surface area contributed by atoms with Gasteiger partial charge in [0.2, 0.25) is 5.91 Å². The topological polar surface area (TPSA) is 95.5 Å². The number of hydrogen-bond donors (Lipinski definition) is 3. The molecule has 1 aromatic rings. The molecule has 0 heterocycles. The Morgan fingerprint density at radius 3 is 2.29 bits per heavy atom. The van der Waals surface area contributed by atoms with Crippen LogP contribution in [0.2, 0.25) is 0 Å². The van der Waals surface area contributed by atoms with E-state index in [1.54, 1.807) is 44.2 Å². The maximum Gasteiger partial charge on any atom is 0.311 e. The molecule has 0 aliphatic carbocycles. The van der Waals surface area contributed by atoms with Gasteiger partial charge in [0, 0.05) is 12.1 Å². The highest BCUT2D eigenvalue weighted by Crippen LogP contribution is 2.19. The third-order valence-electron chi connectivity index (χ3n) is 3.42. The Hall–Kier alpha value is -2.37. The molecule has 3 N–H and O–H groups in total. The monoisotopic (exact) mass is 292 g/mol. The second-order valence-electron chi connectivity index (χ2n) is 5.04. The van der Waals surface area contributed by atoms with Gasteiger partial charge in [0.1, 0.15) is 0 Å². The Morgan fingerprint density at radius 2 is 1.76 bits per heavy atom. The van der Waals surface area contributed by atoms with Crippen molar-refractivity contribution in [1.82, 2.24) is 10.6 Å². The number of aliphatic carboxylic acids is 1. The van der Waals surface area contributed by atoms with Crippen molar-refractivity contribution in [2.75, 3.05) is 13.1 Å². The minimum atomic E-state index is -1.00. The molecule has 0 bridgehead atoms. The van der Waals surface area contributed by atoms with Crippen molar-refractivity contribution in [3.05, 3.63) is 35.9 Å². The summed E-state index contributed by atoms with van der Waals surface area (Å²) in [5, 5.41) is 14.1. The molecule has 21 heavy (non-hydrogen) atoms. The average molecular weight is 292 g/mol. The molecule has 1 rings (SSSR count). The summed E-state index contributed by atoms with van der Waals surface area (Å²) in [5.74, 6) is -1.72. The highest BCUT2D eigenvalue weighted by molar-refractivity contribution is 5.96. The molecule has 0 saturated heterocycles. The smallest absolute Gasteiger partial charge is 0.311 e. The molecule has 6 heteroatoms. The Balaban J connectivity index is 2.41. The van der Waals surface area contributed by atoms with E-state index in [1.165, 1.54) is 0 Å². The van der Waals surface area contributed by atoms with Crippen LogP contribution in [-0.2, 0) is 9.59 Å². The van der Waals surface area contributed by atoms with Crippen molar-refractivity contribution < 1.29 is 19.5 Å². The van der Waals surface area contributed by atoms with Crippen molar-refractivity contribution in [3.63, 3.8) is 0 Å². The van der Waals surface area contributed by atoms with Gasteiger partial charge in [0.15, 0.2) is 0 Å². The number of carbonyl (C=O) groups is 3. The summed E-state index contributed by atoms with van der Waals surface area (Å²) in [7, 11) is 0. The standard InChI is InChI=1S/C15H20N2O4/c1-3-15(2,14(20)21)10-17-12(18)9-16-13(19)11-7-5-4-6-8-11/h4-8H,3,9-10H2,1-2H3,(H,16,19)(H,17,18)(H,20,21). The Morgan fingerprint density at radius 1 is 1.14 bits per heavy atom. The summed E-state index contributed by atoms with van der Waals surface area (Å²) < 4.78 is 0. The molecular weight excluding hydrogens is 272 g/mol. The van der Waals surface area contributed by atoms with Gasteiger partial charge in [-0.15, -0.1) is 0 Å². The number of amides is 2. The molecule has 114 valence electrons. The van der Waals surface area contributed by atoms with Gasteiger partial charge < -0.3 is 15.7 Å². The Bertz CT molecular complexity index is 516. The summed E-state index contributed by atoms with van der Waals surface area (Å²) in [5.41, 5.74) is -0.534. The molecule has 0 radical (unpaired) electrons. The zero-order chi connectivity index (χ0) is 15.9. The van der Waals surface area contributed by atoms with Crippen molar-refractivity contribution in [1.29, 1.82) is 0 Å². The predicted molar refractivity (Wildman–Crippen MR) is 77.8 cm³/mol. The van der Waals surface area contributed by atoms with Crippen LogP contribution in [0.3, 0.4) is 0 Å². The Labute approximate surface area is 123 Å². The summed E-state index contributed by atoms with van der Waals surface area (Å²) in [6.45, 7) is 3.15. The minimum Gasteiger partial charge on any atom is -0.481 e. The van der Waals surface area contributed by atoms with E-state index in [0.29, 0.717) is 12.0 Å². The lowest BCUT2D eigenvalue weighted by Crippen LogP contribution is -2.44. The zero-order valence-electron chi connectivity index (χ0n) is 12.2. The maximum atomic E-state index is 11.7. The van der Waals surface area contributed by atoms with E-state index in [1.807, 2.05) is 0 Å². The largest absolute Gasteiger partial charge is 0.481 e. The molecule has 1 unspecified atom stereocenters. The van der Waals surface area contributed by atoms with E-state index in [2.05, 4.69) is 10.6 Å². The predicted octanol–water partition coefficient (Wildman–Crippen LogP) is 1.03. The molecule has 0 aliphatic rings. The van der Waals surface area contributed by atoms with Gasteiger partial charge >= 0.3 is 5.97 Å². The maximum absolute atomic E-state index is 11.7. The normalized spacial score (nSPS) is 13.0. The quantitative estimate of drug-likeness (QED) is 0.699. The van der Waals surface area contributed by atoms with Crippen LogP contribution in [0.4, 0.5) is 0 Å². The highest BCUT2D eigenvalue weighted by atomic mass is 16.4. The van der Waals surface area contributed by atoms with E-state index in [9.17, 15) is 14.4 Å². The van der Waals surface area contributed by atoms with Crippen molar-refractivity contribution in [2.45, 2.75) is 20.3 Å². The molecule has 2 amide bonds. The van der Waals surface area contributed by atoms with Gasteiger partial charge in [-0.25, -0.2) is 0 Å². The lowest BCUT2D eigenvalue weighted by Gasteiger charge is -2.23. The van der Waals surface area contributed by atoms with Crippen LogP contribution in [0.5, 0.6) is 0 Å². The van der Waals surface area contributed by atoms with Crippen LogP contribution < -0.4 is 10.6 Å². The first-order valence-corrected chi connectivity index (χ1v) is 6.72. The number of rotatable bonds is 7. The lowest BCUT2D eigenvalue weighted by molar-refractivity contribution is -0.148. The molecule has 1 aromatic carbocycles. The molecular formula is C15H20N2O4. The summed E-state index contributed by atoms with van der Waals surface area (Å²) in [4.78, 5) is 34.5. The van der Waals surface area contributed by atoms with Crippen LogP contribution in [-0.4, -0.2) is 36.0 Å². The highest BCUT2D eigenvalue weighted by Gasteiger charge is 2.31. The third kappa shape index (κ3) is 4.91. The summed E-state index contributed by atoms with van der Waals surface area (Å²) in [6, 6.07) is 8.54. The SMILES string of the molecule is CCC(C)(CNC(=O)CNC(=O)c1ccccc1)C(=O)O. The number of carboxylic acid groups (broad SMARTS) is 1. The van der Waals surface area contributed by atoms with Gasteiger partial charge in [0.25, 0.3) is 5.91 Å². The fraction of sp³-hybridized carbons (Fsp3) is 0.400. The van der Waals surface area contributed by atoms with E-state index >= 15 is 0 Å². The van der Waals surface area contributed by atoms with Gasteiger partial charge in [-0.2, -0.15) is 0 Å². The molecule has 0 saturated carbocycles. The van der Waals surface area contributed by atoms with Crippen LogP contribution >= 0.6 is 0 Å². The van der Waals surface area contributed by atoms with E-state index in [-0.39, 0.29) is 19.0 Å². The number of benzene rings is 1. The number of carboxylic acids is 1. The molecule has 6 nitrogen and oxygen atoms in total. The van der Waals surface area contributed by atoms with E-state index < -0.39 is 17.3 Å². The average Bonchev–Trinajstić information content (AvgIpc) is 2.50. The van der Waals surface area contributed by atoms with Crippen molar-refractivity contribution in [2.24, 2.45) is 5.41 Å². The molecule has 0 aliphatic heterocycles. The molecule has 0 fully saturated rings. The first-order valence-electron chi connectivity index (χ1n) is 6.72. The van der Waals surface area contributed by atoms with Gasteiger partial charge in [-0.05, 0) is 25.5 Å². The second kappa shape index (κ2) is 7.42. The van der Waals surface area contributed by atoms with Crippen LogP contribution in [0.25, 0.3) is 0 Å². The zero-order valence-corrected chi connectivity index (χ0v) is 12.2. The molecule has 1 atom stereocenters. The van der Waals surface area contributed by atoms with Crippen molar-refractivity contribution >= 4 is 17.8 Å². The lowest BCUT2D eigenvalue weighted by atomic mass is 9.88.